The number of likely N-dealkylation sites (tertiary alicyclic amines) is 1. The molecule has 1 N–H and O–H groups in total. The molecular formula is C15H24N4O. The highest BCUT2D eigenvalue weighted by molar-refractivity contribution is 5.77. The number of amides is 1. The number of carbonyl (C=O) groups excluding carboxylic acids is 1. The molecule has 1 aromatic rings. The molecule has 1 amide bonds. The van der Waals surface area contributed by atoms with E-state index in [4.69, 9.17) is 0 Å². The Labute approximate surface area is 120 Å². The van der Waals surface area contributed by atoms with Crippen molar-refractivity contribution in [2.75, 3.05) is 26.2 Å². The van der Waals surface area contributed by atoms with E-state index in [1.54, 1.807) is 0 Å². The maximum Gasteiger partial charge on any atom is 0.222 e. The number of carbonyl (C=O) groups is 1. The van der Waals surface area contributed by atoms with E-state index in [1.165, 1.54) is 18.4 Å². The molecule has 1 spiro atoms. The Balaban J connectivity index is 1.60. The summed E-state index contributed by atoms with van der Waals surface area (Å²) in [6, 6.07) is 0. The average molecular weight is 276 g/mol. The first kappa shape index (κ1) is 13.6. The Morgan fingerprint density at radius 1 is 1.30 bits per heavy atom. The van der Waals surface area contributed by atoms with E-state index in [2.05, 4.69) is 15.3 Å². The van der Waals surface area contributed by atoms with E-state index in [-0.39, 0.29) is 0 Å². The van der Waals surface area contributed by atoms with Gasteiger partial charge in [0.25, 0.3) is 0 Å². The molecule has 3 rings (SSSR count). The number of rotatable bonds is 3. The summed E-state index contributed by atoms with van der Waals surface area (Å²) in [5.74, 6) is 0.318. The lowest BCUT2D eigenvalue weighted by Gasteiger charge is -2.45. The number of nitrogens with one attached hydrogen (secondary N) is 1. The molecule has 0 unspecified atom stereocenters. The summed E-state index contributed by atoms with van der Waals surface area (Å²) in [6.45, 7) is 6.76. The van der Waals surface area contributed by atoms with Crippen molar-refractivity contribution < 1.29 is 4.79 Å². The second kappa shape index (κ2) is 5.56. The zero-order valence-corrected chi connectivity index (χ0v) is 12.3. The third-order valence-corrected chi connectivity index (χ3v) is 4.77. The van der Waals surface area contributed by atoms with Gasteiger partial charge in [-0.05, 0) is 50.3 Å². The van der Waals surface area contributed by atoms with Crippen LogP contribution in [-0.2, 0) is 11.3 Å². The minimum absolute atomic E-state index is 0.318. The largest absolute Gasteiger partial charge is 0.340 e. The van der Waals surface area contributed by atoms with Crippen molar-refractivity contribution in [2.24, 2.45) is 5.41 Å². The van der Waals surface area contributed by atoms with Gasteiger partial charge in [0.15, 0.2) is 0 Å². The molecule has 5 nitrogen and oxygen atoms in total. The fraction of sp³-hybridized carbons (Fsp3) is 0.733. The molecule has 0 bridgehead atoms. The molecule has 3 heterocycles. The van der Waals surface area contributed by atoms with Gasteiger partial charge in [-0.3, -0.25) is 9.48 Å². The van der Waals surface area contributed by atoms with Crippen LogP contribution in [0.1, 0.15) is 31.2 Å². The van der Waals surface area contributed by atoms with Gasteiger partial charge in [0.2, 0.25) is 5.91 Å². The van der Waals surface area contributed by atoms with E-state index in [9.17, 15) is 4.79 Å². The molecule has 0 radical (unpaired) electrons. The van der Waals surface area contributed by atoms with Crippen LogP contribution in [0.25, 0.3) is 0 Å². The summed E-state index contributed by atoms with van der Waals surface area (Å²) in [6.07, 6.45) is 8.11. The van der Waals surface area contributed by atoms with Crippen molar-refractivity contribution in [2.45, 2.75) is 39.2 Å². The van der Waals surface area contributed by atoms with Gasteiger partial charge in [-0.25, -0.2) is 0 Å². The monoisotopic (exact) mass is 276 g/mol. The van der Waals surface area contributed by atoms with Gasteiger partial charge in [-0.1, -0.05) is 0 Å². The van der Waals surface area contributed by atoms with E-state index in [1.807, 2.05) is 24.0 Å². The third-order valence-electron chi connectivity index (χ3n) is 4.77. The van der Waals surface area contributed by atoms with Crippen LogP contribution in [0.3, 0.4) is 0 Å². The first-order valence-electron chi connectivity index (χ1n) is 7.65. The quantitative estimate of drug-likeness (QED) is 0.902. The van der Waals surface area contributed by atoms with Crippen molar-refractivity contribution in [3.63, 3.8) is 0 Å². The summed E-state index contributed by atoms with van der Waals surface area (Å²) in [5, 5.41) is 7.72. The van der Waals surface area contributed by atoms with Gasteiger partial charge in [0.05, 0.1) is 12.7 Å². The smallest absolute Gasteiger partial charge is 0.222 e. The molecule has 0 atom stereocenters. The molecule has 2 saturated heterocycles. The van der Waals surface area contributed by atoms with Crippen LogP contribution in [0.2, 0.25) is 0 Å². The van der Waals surface area contributed by atoms with Gasteiger partial charge in [-0.2, -0.15) is 5.10 Å². The summed E-state index contributed by atoms with van der Waals surface area (Å²) in [4.78, 5) is 14.2. The zero-order chi connectivity index (χ0) is 14.0. The fourth-order valence-corrected chi connectivity index (χ4v) is 3.48. The number of hydrogen-bond acceptors (Lipinski definition) is 3. The molecule has 0 aromatic carbocycles. The lowest BCUT2D eigenvalue weighted by atomic mass is 9.73. The van der Waals surface area contributed by atoms with Crippen molar-refractivity contribution in [1.29, 1.82) is 0 Å². The molecule has 2 fully saturated rings. The van der Waals surface area contributed by atoms with Crippen LogP contribution >= 0.6 is 0 Å². The predicted molar refractivity (Wildman–Crippen MR) is 77.3 cm³/mol. The van der Waals surface area contributed by atoms with Gasteiger partial charge in [0, 0.05) is 25.7 Å². The van der Waals surface area contributed by atoms with E-state index >= 15 is 0 Å². The number of nitrogens with zero attached hydrogens (tertiary/aromatic N) is 3. The van der Waals surface area contributed by atoms with Crippen LogP contribution in [0.5, 0.6) is 0 Å². The van der Waals surface area contributed by atoms with Crippen LogP contribution in [-0.4, -0.2) is 46.8 Å². The normalized spacial score (nSPS) is 22.4. The van der Waals surface area contributed by atoms with Gasteiger partial charge in [0.1, 0.15) is 0 Å². The van der Waals surface area contributed by atoms with Gasteiger partial charge < -0.3 is 10.2 Å². The fourth-order valence-electron chi connectivity index (χ4n) is 3.48. The van der Waals surface area contributed by atoms with Crippen LogP contribution in [0.4, 0.5) is 0 Å². The lowest BCUT2D eigenvalue weighted by Crippen LogP contribution is -2.51. The molecule has 2 aliphatic heterocycles. The standard InChI is InChI=1S/C15H24N4O/c1-13-10-17-19(11-13)9-8-18-12-15(3-2-14(18)20)4-6-16-7-5-15/h10-11,16H,2-9,12H2,1H3. The topological polar surface area (TPSA) is 50.2 Å². The van der Waals surface area contributed by atoms with Crippen molar-refractivity contribution in [3.8, 4) is 0 Å². The lowest BCUT2D eigenvalue weighted by molar-refractivity contribution is -0.138. The molecule has 0 aliphatic carbocycles. The minimum atomic E-state index is 0.318. The first-order chi connectivity index (χ1) is 9.67. The number of piperidine rings is 2. The summed E-state index contributed by atoms with van der Waals surface area (Å²) < 4.78 is 1.94. The molecule has 1 aromatic heterocycles. The van der Waals surface area contributed by atoms with Gasteiger partial charge in [-0.15, -0.1) is 0 Å². The van der Waals surface area contributed by atoms with Crippen LogP contribution in [0.15, 0.2) is 12.4 Å². The Morgan fingerprint density at radius 3 is 2.80 bits per heavy atom. The predicted octanol–water partition coefficient (Wildman–Crippen LogP) is 1.18. The highest BCUT2D eigenvalue weighted by Gasteiger charge is 2.39. The Kier molecular flexibility index (Phi) is 3.78. The maximum absolute atomic E-state index is 12.1. The van der Waals surface area contributed by atoms with Crippen molar-refractivity contribution in [3.05, 3.63) is 18.0 Å². The van der Waals surface area contributed by atoms with E-state index in [0.29, 0.717) is 11.3 Å². The molecule has 5 heteroatoms. The molecular weight excluding hydrogens is 252 g/mol. The summed E-state index contributed by atoms with van der Waals surface area (Å²) in [5.41, 5.74) is 1.55. The van der Waals surface area contributed by atoms with E-state index in [0.717, 1.165) is 45.6 Å². The second-order valence-electron chi connectivity index (χ2n) is 6.35. The highest BCUT2D eigenvalue weighted by Crippen LogP contribution is 2.38. The van der Waals surface area contributed by atoms with E-state index < -0.39 is 0 Å². The second-order valence-corrected chi connectivity index (χ2v) is 6.35. The highest BCUT2D eigenvalue weighted by atomic mass is 16.2. The molecule has 110 valence electrons. The number of aryl methyl sites for hydroxylation is 1. The first-order valence-corrected chi connectivity index (χ1v) is 7.65. The molecule has 20 heavy (non-hydrogen) atoms. The number of hydrogen-bond donors (Lipinski definition) is 1. The van der Waals surface area contributed by atoms with Gasteiger partial charge >= 0.3 is 0 Å². The molecule has 0 saturated carbocycles. The molecule has 2 aliphatic rings. The van der Waals surface area contributed by atoms with Crippen LogP contribution in [0, 0.1) is 12.3 Å². The van der Waals surface area contributed by atoms with Crippen LogP contribution < -0.4 is 5.32 Å². The Bertz CT molecular complexity index is 476. The third kappa shape index (κ3) is 2.87. The number of aromatic nitrogens is 2. The summed E-state index contributed by atoms with van der Waals surface area (Å²) >= 11 is 0. The maximum atomic E-state index is 12.1. The SMILES string of the molecule is Cc1cnn(CCN2CC3(CCNCC3)CCC2=O)c1. The zero-order valence-electron chi connectivity index (χ0n) is 12.3. The van der Waals surface area contributed by atoms with Crippen molar-refractivity contribution >= 4 is 5.91 Å². The average Bonchev–Trinajstić information content (AvgIpc) is 2.87. The Morgan fingerprint density at radius 2 is 2.10 bits per heavy atom. The Hall–Kier alpha value is -1.36. The summed E-state index contributed by atoms with van der Waals surface area (Å²) in [7, 11) is 0. The minimum Gasteiger partial charge on any atom is -0.340 e. The van der Waals surface area contributed by atoms with Crippen molar-refractivity contribution in [1.82, 2.24) is 20.0 Å².